The van der Waals surface area contributed by atoms with Crippen molar-refractivity contribution in [3.8, 4) is 11.5 Å². The largest absolute Gasteiger partial charge is 0.508 e. The molecule has 0 saturated carbocycles. The summed E-state index contributed by atoms with van der Waals surface area (Å²) in [4.78, 5) is 20.5. The Labute approximate surface area is 121 Å². The molecule has 21 heavy (non-hydrogen) atoms. The molecule has 6 heteroatoms. The second kappa shape index (κ2) is 8.21. The molecule has 0 aliphatic carbocycles. The van der Waals surface area contributed by atoms with Crippen LogP contribution < -0.4 is 0 Å². The Balaban J connectivity index is 0.000000364. The minimum atomic E-state index is -0.986. The minimum Gasteiger partial charge on any atom is -0.508 e. The van der Waals surface area contributed by atoms with E-state index >= 15 is 0 Å². The van der Waals surface area contributed by atoms with Gasteiger partial charge in [-0.3, -0.25) is 0 Å². The fourth-order valence-corrected chi connectivity index (χ4v) is 1.21. The number of aromatic hydroxyl groups is 2. The summed E-state index contributed by atoms with van der Waals surface area (Å²) < 4.78 is 0. The topological polar surface area (TPSA) is 115 Å². The molecule has 0 heterocycles. The van der Waals surface area contributed by atoms with Gasteiger partial charge in [-0.15, -0.1) is 0 Å². The predicted molar refractivity (Wildman–Crippen MR) is 76.9 cm³/mol. The smallest absolute Gasteiger partial charge is 0.335 e. The molecule has 2 aromatic carbocycles. The SMILES string of the molecule is C.O=C(O)c1ccc(O)cc1.O=C(O)c1ccc(O)cc1. The molecule has 2 aromatic rings. The van der Waals surface area contributed by atoms with Gasteiger partial charge in [0.25, 0.3) is 0 Å². The van der Waals surface area contributed by atoms with Crippen LogP contribution in [0, 0.1) is 0 Å². The molecule has 0 aromatic heterocycles. The predicted octanol–water partition coefficient (Wildman–Crippen LogP) is 2.82. The number of phenols is 2. The Kier molecular flexibility index (Phi) is 7.03. The third-order valence-electron chi connectivity index (χ3n) is 2.23. The van der Waals surface area contributed by atoms with Crippen LogP contribution in [0.15, 0.2) is 48.5 Å². The van der Waals surface area contributed by atoms with Gasteiger partial charge in [-0.05, 0) is 48.5 Å². The van der Waals surface area contributed by atoms with Crippen LogP contribution in [0.3, 0.4) is 0 Å². The highest BCUT2D eigenvalue weighted by Gasteiger charge is 2.00. The maximum absolute atomic E-state index is 10.2. The first-order chi connectivity index (χ1) is 9.40. The van der Waals surface area contributed by atoms with Crippen molar-refractivity contribution >= 4 is 11.9 Å². The van der Waals surface area contributed by atoms with Gasteiger partial charge < -0.3 is 20.4 Å². The molecule has 6 nitrogen and oxygen atoms in total. The first-order valence-electron chi connectivity index (χ1n) is 5.45. The molecule has 0 unspecified atom stereocenters. The molecule has 0 fully saturated rings. The van der Waals surface area contributed by atoms with Crippen LogP contribution in [0.4, 0.5) is 0 Å². The highest BCUT2D eigenvalue weighted by atomic mass is 16.4. The number of hydrogen-bond acceptors (Lipinski definition) is 4. The van der Waals surface area contributed by atoms with Crippen molar-refractivity contribution in [3.05, 3.63) is 59.7 Å². The Morgan fingerprint density at radius 1 is 0.619 bits per heavy atom. The molecule has 0 amide bonds. The van der Waals surface area contributed by atoms with Gasteiger partial charge in [0.05, 0.1) is 11.1 Å². The number of carbonyl (C=O) groups is 2. The van der Waals surface area contributed by atoms with E-state index in [0.29, 0.717) is 0 Å². The van der Waals surface area contributed by atoms with E-state index in [9.17, 15) is 9.59 Å². The monoisotopic (exact) mass is 292 g/mol. The van der Waals surface area contributed by atoms with Gasteiger partial charge in [0.2, 0.25) is 0 Å². The molecular formula is C15H16O6. The summed E-state index contributed by atoms with van der Waals surface area (Å²) in [5, 5.41) is 34.3. The number of aromatic carboxylic acids is 2. The van der Waals surface area contributed by atoms with E-state index in [1.807, 2.05) is 0 Å². The van der Waals surface area contributed by atoms with E-state index in [4.69, 9.17) is 20.4 Å². The maximum Gasteiger partial charge on any atom is 0.335 e. The van der Waals surface area contributed by atoms with E-state index < -0.39 is 11.9 Å². The standard InChI is InChI=1S/2C7H6O3.CH4/c2*8-6-3-1-5(2-4-6)7(9)10;/h2*1-4,8H,(H,9,10);1H4. The van der Waals surface area contributed by atoms with Crippen LogP contribution >= 0.6 is 0 Å². The molecule has 0 atom stereocenters. The van der Waals surface area contributed by atoms with Gasteiger partial charge in [0.1, 0.15) is 11.5 Å². The van der Waals surface area contributed by atoms with Crippen molar-refractivity contribution in [1.29, 1.82) is 0 Å². The van der Waals surface area contributed by atoms with Crippen molar-refractivity contribution in [1.82, 2.24) is 0 Å². The van der Waals surface area contributed by atoms with Crippen LogP contribution in [-0.4, -0.2) is 32.4 Å². The van der Waals surface area contributed by atoms with E-state index in [2.05, 4.69) is 0 Å². The summed E-state index contributed by atoms with van der Waals surface area (Å²) in [6.07, 6.45) is 0. The van der Waals surface area contributed by atoms with Crippen molar-refractivity contribution in [2.24, 2.45) is 0 Å². The lowest BCUT2D eigenvalue weighted by molar-refractivity contribution is 0.0686. The highest BCUT2D eigenvalue weighted by molar-refractivity contribution is 5.88. The fraction of sp³-hybridized carbons (Fsp3) is 0.0667. The lowest BCUT2D eigenvalue weighted by atomic mass is 10.2. The summed E-state index contributed by atoms with van der Waals surface area (Å²) in [5.41, 5.74) is 0.357. The Morgan fingerprint density at radius 2 is 0.857 bits per heavy atom. The molecule has 0 bridgehead atoms. The quantitative estimate of drug-likeness (QED) is 0.676. The Hall–Kier alpha value is -3.02. The van der Waals surface area contributed by atoms with Gasteiger partial charge in [0.15, 0.2) is 0 Å². The summed E-state index contributed by atoms with van der Waals surface area (Å²) in [5.74, 6) is -1.82. The summed E-state index contributed by atoms with van der Waals surface area (Å²) in [7, 11) is 0. The van der Waals surface area contributed by atoms with Gasteiger partial charge in [0, 0.05) is 0 Å². The molecule has 2 rings (SSSR count). The van der Waals surface area contributed by atoms with E-state index in [1.54, 1.807) is 0 Å². The number of benzene rings is 2. The molecular weight excluding hydrogens is 276 g/mol. The third kappa shape index (κ3) is 6.11. The zero-order valence-electron chi connectivity index (χ0n) is 10.2. The number of carboxylic acids is 2. The van der Waals surface area contributed by atoms with Crippen LogP contribution in [-0.2, 0) is 0 Å². The summed E-state index contributed by atoms with van der Waals surface area (Å²) in [6, 6.07) is 10.7. The molecule has 0 saturated heterocycles. The van der Waals surface area contributed by atoms with E-state index in [0.717, 1.165) is 0 Å². The lowest BCUT2D eigenvalue weighted by Crippen LogP contribution is -1.93. The molecule has 0 spiro atoms. The van der Waals surface area contributed by atoms with Crippen molar-refractivity contribution < 1.29 is 30.0 Å². The van der Waals surface area contributed by atoms with Crippen LogP contribution in [0.2, 0.25) is 0 Å². The zero-order valence-corrected chi connectivity index (χ0v) is 10.2. The van der Waals surface area contributed by atoms with Crippen LogP contribution in [0.1, 0.15) is 28.1 Å². The highest BCUT2D eigenvalue weighted by Crippen LogP contribution is 2.09. The number of rotatable bonds is 2. The average Bonchev–Trinajstić information content (AvgIpc) is 2.40. The fourth-order valence-electron chi connectivity index (χ4n) is 1.21. The summed E-state index contributed by atoms with van der Waals surface area (Å²) >= 11 is 0. The number of phenolic OH excluding ortho intramolecular Hbond substituents is 2. The molecule has 0 radical (unpaired) electrons. The average molecular weight is 292 g/mol. The Morgan fingerprint density at radius 3 is 1.05 bits per heavy atom. The zero-order chi connectivity index (χ0) is 15.1. The van der Waals surface area contributed by atoms with Crippen molar-refractivity contribution in [3.63, 3.8) is 0 Å². The first kappa shape index (κ1) is 18.0. The summed E-state index contributed by atoms with van der Waals surface area (Å²) in [6.45, 7) is 0. The normalized spacial score (nSPS) is 8.76. The van der Waals surface area contributed by atoms with Crippen molar-refractivity contribution in [2.45, 2.75) is 7.43 Å². The van der Waals surface area contributed by atoms with Crippen molar-refractivity contribution in [2.75, 3.05) is 0 Å². The molecule has 112 valence electrons. The van der Waals surface area contributed by atoms with Gasteiger partial charge in [-0.25, -0.2) is 9.59 Å². The van der Waals surface area contributed by atoms with Crippen LogP contribution in [0.25, 0.3) is 0 Å². The molecule has 0 aliphatic rings. The van der Waals surface area contributed by atoms with Gasteiger partial charge >= 0.3 is 11.9 Å². The van der Waals surface area contributed by atoms with Gasteiger partial charge in [-0.1, -0.05) is 7.43 Å². The Bertz CT molecular complexity index is 531. The molecule has 4 N–H and O–H groups in total. The lowest BCUT2D eigenvalue weighted by Gasteiger charge is -1.92. The second-order valence-electron chi connectivity index (χ2n) is 3.70. The van der Waals surface area contributed by atoms with Crippen LogP contribution in [0.5, 0.6) is 11.5 Å². The first-order valence-corrected chi connectivity index (χ1v) is 5.45. The van der Waals surface area contributed by atoms with Gasteiger partial charge in [-0.2, -0.15) is 0 Å². The third-order valence-corrected chi connectivity index (χ3v) is 2.23. The van der Waals surface area contributed by atoms with E-state index in [-0.39, 0.29) is 30.1 Å². The second-order valence-corrected chi connectivity index (χ2v) is 3.70. The molecule has 0 aliphatic heterocycles. The maximum atomic E-state index is 10.2. The number of hydrogen-bond donors (Lipinski definition) is 4. The van der Waals surface area contributed by atoms with E-state index in [1.165, 1.54) is 48.5 Å². The number of carboxylic acid groups (broad SMARTS) is 2. The minimum absolute atomic E-state index is 0.